The third-order valence-electron chi connectivity index (χ3n) is 1.68. The zero-order chi connectivity index (χ0) is 9.07. The van der Waals surface area contributed by atoms with E-state index < -0.39 is 0 Å². The smallest absolute Gasteiger partial charge is 0.0298 e. The largest absolute Gasteiger partial charge is 0.308 e. The van der Waals surface area contributed by atoms with Crippen LogP contribution in [-0.2, 0) is 0 Å². The molecule has 0 aromatic rings. The first-order valence-corrected chi connectivity index (χ1v) is 4.26. The fraction of sp³-hybridized carbons (Fsp3) is 0.800. The van der Waals surface area contributed by atoms with Crippen molar-refractivity contribution in [1.82, 2.24) is 5.32 Å². The van der Waals surface area contributed by atoms with Crippen molar-refractivity contribution in [3.63, 3.8) is 0 Å². The quantitative estimate of drug-likeness (QED) is 0.618. The van der Waals surface area contributed by atoms with Crippen molar-refractivity contribution >= 4 is 0 Å². The van der Waals surface area contributed by atoms with E-state index >= 15 is 0 Å². The van der Waals surface area contributed by atoms with Crippen LogP contribution in [0.2, 0.25) is 0 Å². The average molecular weight is 155 g/mol. The third kappa shape index (κ3) is 4.20. The summed E-state index contributed by atoms with van der Waals surface area (Å²) in [7, 11) is 0. The van der Waals surface area contributed by atoms with Gasteiger partial charge in [-0.2, -0.15) is 0 Å². The van der Waals surface area contributed by atoms with Gasteiger partial charge in [-0.15, -0.1) is 6.58 Å². The van der Waals surface area contributed by atoms with Crippen LogP contribution in [0.4, 0.5) is 0 Å². The van der Waals surface area contributed by atoms with E-state index in [1.54, 1.807) is 0 Å². The molecule has 1 nitrogen and oxygen atoms in total. The van der Waals surface area contributed by atoms with Gasteiger partial charge >= 0.3 is 0 Å². The van der Waals surface area contributed by atoms with Crippen LogP contribution in [0.1, 0.15) is 34.6 Å². The monoisotopic (exact) mass is 155 g/mol. The number of rotatable bonds is 3. The molecule has 0 aromatic carbocycles. The van der Waals surface area contributed by atoms with Crippen molar-refractivity contribution in [2.45, 2.75) is 46.7 Å². The second-order valence-corrected chi connectivity index (χ2v) is 4.40. The van der Waals surface area contributed by atoms with Gasteiger partial charge in [0.25, 0.3) is 0 Å². The summed E-state index contributed by atoms with van der Waals surface area (Å²) in [5.74, 6) is 0. The van der Waals surface area contributed by atoms with Crippen LogP contribution in [0.3, 0.4) is 0 Å². The molecule has 1 N–H and O–H groups in total. The molecule has 0 aromatic heterocycles. The van der Waals surface area contributed by atoms with E-state index in [0.29, 0.717) is 12.1 Å². The van der Waals surface area contributed by atoms with Gasteiger partial charge in [0.1, 0.15) is 0 Å². The summed E-state index contributed by atoms with van der Waals surface area (Å²) < 4.78 is 0. The molecule has 0 saturated heterocycles. The van der Waals surface area contributed by atoms with Crippen molar-refractivity contribution in [2.24, 2.45) is 5.41 Å². The van der Waals surface area contributed by atoms with Crippen molar-refractivity contribution in [3.05, 3.63) is 12.7 Å². The molecule has 0 heterocycles. The van der Waals surface area contributed by atoms with E-state index in [-0.39, 0.29) is 5.41 Å². The molecule has 0 fully saturated rings. The average Bonchev–Trinajstić information content (AvgIpc) is 1.79. The van der Waals surface area contributed by atoms with Crippen LogP contribution < -0.4 is 5.32 Å². The topological polar surface area (TPSA) is 12.0 Å². The first-order chi connectivity index (χ1) is 4.88. The summed E-state index contributed by atoms with van der Waals surface area (Å²) in [6.07, 6.45) is 1.99. The van der Waals surface area contributed by atoms with Crippen LogP contribution in [0, 0.1) is 5.41 Å². The summed E-state index contributed by atoms with van der Waals surface area (Å²) in [6.45, 7) is 14.8. The second-order valence-electron chi connectivity index (χ2n) is 4.40. The summed E-state index contributed by atoms with van der Waals surface area (Å²) >= 11 is 0. The van der Waals surface area contributed by atoms with Crippen LogP contribution in [-0.4, -0.2) is 12.1 Å². The van der Waals surface area contributed by atoms with E-state index in [2.05, 4.69) is 46.5 Å². The standard InChI is InChI=1S/C10H21N/c1-7-9(10(4,5)6)11-8(2)3/h7-9,11H,1H2,2-6H3. The van der Waals surface area contributed by atoms with E-state index in [1.807, 2.05) is 6.08 Å². The highest BCUT2D eigenvalue weighted by atomic mass is 14.9. The minimum absolute atomic E-state index is 0.270. The molecule has 0 aliphatic rings. The molecule has 1 unspecified atom stereocenters. The highest BCUT2D eigenvalue weighted by molar-refractivity contribution is 4.94. The third-order valence-corrected chi connectivity index (χ3v) is 1.68. The molecule has 1 atom stereocenters. The van der Waals surface area contributed by atoms with E-state index in [9.17, 15) is 0 Å². The molecule has 0 radical (unpaired) electrons. The summed E-state index contributed by atoms with van der Waals surface area (Å²) in [4.78, 5) is 0. The molecule has 0 bridgehead atoms. The van der Waals surface area contributed by atoms with Gasteiger partial charge in [-0.25, -0.2) is 0 Å². The number of hydrogen-bond donors (Lipinski definition) is 1. The maximum Gasteiger partial charge on any atom is 0.0298 e. The number of nitrogens with one attached hydrogen (secondary N) is 1. The zero-order valence-electron chi connectivity index (χ0n) is 8.44. The Balaban J connectivity index is 4.07. The lowest BCUT2D eigenvalue weighted by molar-refractivity contribution is 0.298. The maximum atomic E-state index is 3.82. The Morgan fingerprint density at radius 3 is 1.82 bits per heavy atom. The Morgan fingerprint density at radius 1 is 1.27 bits per heavy atom. The first-order valence-electron chi connectivity index (χ1n) is 4.26. The van der Waals surface area contributed by atoms with Crippen LogP contribution in [0.25, 0.3) is 0 Å². The molecule has 1 heteroatoms. The predicted octanol–water partition coefficient (Wildman–Crippen LogP) is 2.59. The molecule has 0 amide bonds. The number of hydrogen-bond acceptors (Lipinski definition) is 1. The van der Waals surface area contributed by atoms with E-state index in [1.165, 1.54) is 0 Å². The van der Waals surface area contributed by atoms with Crippen LogP contribution >= 0.6 is 0 Å². The fourth-order valence-corrected chi connectivity index (χ4v) is 1.03. The molecule has 0 spiro atoms. The van der Waals surface area contributed by atoms with Gasteiger partial charge in [0.2, 0.25) is 0 Å². The molecule has 11 heavy (non-hydrogen) atoms. The Bertz CT molecular complexity index is 119. The highest BCUT2D eigenvalue weighted by Gasteiger charge is 2.21. The van der Waals surface area contributed by atoms with Gasteiger partial charge in [-0.05, 0) is 5.41 Å². The van der Waals surface area contributed by atoms with Crippen LogP contribution in [0.15, 0.2) is 12.7 Å². The maximum absolute atomic E-state index is 3.82. The molecule has 0 saturated carbocycles. The molecule has 66 valence electrons. The molecule has 0 rings (SSSR count). The fourth-order valence-electron chi connectivity index (χ4n) is 1.03. The van der Waals surface area contributed by atoms with E-state index in [4.69, 9.17) is 0 Å². The minimum atomic E-state index is 0.270. The van der Waals surface area contributed by atoms with Crippen LogP contribution in [0.5, 0.6) is 0 Å². The van der Waals surface area contributed by atoms with Gasteiger partial charge in [0.05, 0.1) is 0 Å². The van der Waals surface area contributed by atoms with Gasteiger partial charge < -0.3 is 5.32 Å². The van der Waals surface area contributed by atoms with E-state index in [0.717, 1.165) is 0 Å². The lowest BCUT2D eigenvalue weighted by atomic mass is 9.86. The molecular weight excluding hydrogens is 134 g/mol. The SMILES string of the molecule is C=CC(NC(C)C)C(C)(C)C. The van der Waals surface area contributed by atoms with Crippen molar-refractivity contribution in [2.75, 3.05) is 0 Å². The molecular formula is C10H21N. The van der Waals surface area contributed by atoms with Gasteiger partial charge in [0, 0.05) is 12.1 Å². The minimum Gasteiger partial charge on any atom is -0.308 e. The summed E-state index contributed by atoms with van der Waals surface area (Å²) in [5, 5.41) is 3.45. The Kier molecular flexibility index (Phi) is 3.81. The first kappa shape index (κ1) is 10.7. The molecule has 0 aliphatic heterocycles. The lowest BCUT2D eigenvalue weighted by Crippen LogP contribution is -2.42. The Hall–Kier alpha value is -0.300. The van der Waals surface area contributed by atoms with Gasteiger partial charge in [0.15, 0.2) is 0 Å². The normalized spacial score (nSPS) is 15.1. The highest BCUT2D eigenvalue weighted by Crippen LogP contribution is 2.19. The van der Waals surface area contributed by atoms with Gasteiger partial charge in [-0.1, -0.05) is 40.7 Å². The Labute approximate surface area is 70.9 Å². The Morgan fingerprint density at radius 2 is 1.73 bits per heavy atom. The summed E-state index contributed by atoms with van der Waals surface area (Å²) in [5.41, 5.74) is 0.270. The van der Waals surface area contributed by atoms with Crippen molar-refractivity contribution < 1.29 is 0 Å². The summed E-state index contributed by atoms with van der Waals surface area (Å²) in [6, 6.07) is 0.930. The molecule has 0 aliphatic carbocycles. The zero-order valence-corrected chi connectivity index (χ0v) is 8.44. The van der Waals surface area contributed by atoms with Gasteiger partial charge in [-0.3, -0.25) is 0 Å². The van der Waals surface area contributed by atoms with Crippen molar-refractivity contribution in [1.29, 1.82) is 0 Å². The second kappa shape index (κ2) is 3.91. The lowest BCUT2D eigenvalue weighted by Gasteiger charge is -2.30. The predicted molar refractivity (Wildman–Crippen MR) is 51.7 cm³/mol. The van der Waals surface area contributed by atoms with Crippen molar-refractivity contribution in [3.8, 4) is 0 Å².